The van der Waals surface area contributed by atoms with Crippen LogP contribution in [0.3, 0.4) is 0 Å². The summed E-state index contributed by atoms with van der Waals surface area (Å²) in [5.74, 6) is 0.146. The maximum atomic E-state index is 13.0. The summed E-state index contributed by atoms with van der Waals surface area (Å²) in [5.41, 5.74) is 9.01. The van der Waals surface area contributed by atoms with Gasteiger partial charge in [0.1, 0.15) is 0 Å². The molecule has 6 heteroatoms. The lowest BCUT2D eigenvalue weighted by Crippen LogP contribution is -2.39. The van der Waals surface area contributed by atoms with Gasteiger partial charge in [-0.25, -0.2) is 0 Å². The Labute approximate surface area is 180 Å². The second kappa shape index (κ2) is 12.1. The second-order valence-corrected chi connectivity index (χ2v) is 7.14. The lowest BCUT2D eigenvalue weighted by atomic mass is 10.0. The van der Waals surface area contributed by atoms with Crippen molar-refractivity contribution in [1.82, 2.24) is 9.80 Å². The number of halogens is 2. The first kappa shape index (κ1) is 24.4. The topological polar surface area (TPSA) is 49.6 Å². The van der Waals surface area contributed by atoms with Gasteiger partial charge in [0.05, 0.1) is 12.5 Å². The molecule has 0 unspecified atom stereocenters. The summed E-state index contributed by atoms with van der Waals surface area (Å²) in [6.45, 7) is 3.66. The number of rotatable bonds is 7. The van der Waals surface area contributed by atoms with E-state index in [0.717, 1.165) is 30.8 Å². The third-order valence-electron chi connectivity index (χ3n) is 5.26. The average molecular weight is 424 g/mol. The highest BCUT2D eigenvalue weighted by atomic mass is 35.5. The Balaban J connectivity index is 0.00000196. The van der Waals surface area contributed by atoms with Crippen molar-refractivity contribution in [3.05, 3.63) is 71.3 Å². The van der Waals surface area contributed by atoms with Gasteiger partial charge in [0.2, 0.25) is 5.91 Å². The van der Waals surface area contributed by atoms with Crippen LogP contribution in [0.5, 0.6) is 0 Å². The molecule has 2 N–H and O–H groups in total. The van der Waals surface area contributed by atoms with E-state index in [-0.39, 0.29) is 36.8 Å². The van der Waals surface area contributed by atoms with E-state index in [1.165, 1.54) is 18.4 Å². The van der Waals surface area contributed by atoms with E-state index in [1.807, 2.05) is 42.3 Å². The number of carbonyl (C=O) groups excluding carboxylic acids is 1. The Morgan fingerprint density at radius 3 is 2.32 bits per heavy atom. The summed E-state index contributed by atoms with van der Waals surface area (Å²) in [6, 6.07) is 18.5. The third kappa shape index (κ3) is 6.49. The first-order valence-corrected chi connectivity index (χ1v) is 9.48. The number of nitrogens with two attached hydrogens (primary N) is 1. The van der Waals surface area contributed by atoms with Gasteiger partial charge in [0.25, 0.3) is 0 Å². The summed E-state index contributed by atoms with van der Waals surface area (Å²) >= 11 is 0. The van der Waals surface area contributed by atoms with Crippen molar-refractivity contribution in [3.8, 4) is 0 Å². The molecule has 0 aromatic heterocycles. The Hall–Kier alpha value is -1.59. The number of amides is 1. The van der Waals surface area contributed by atoms with Crippen LogP contribution in [0.1, 0.15) is 35.6 Å². The minimum absolute atomic E-state index is 0. The molecule has 2 aromatic carbocycles. The van der Waals surface area contributed by atoms with E-state index in [2.05, 4.69) is 29.2 Å². The molecule has 28 heavy (non-hydrogen) atoms. The minimum atomic E-state index is 0. The molecule has 3 rings (SSSR count). The van der Waals surface area contributed by atoms with Gasteiger partial charge in [-0.2, -0.15) is 0 Å². The van der Waals surface area contributed by atoms with Crippen LogP contribution in [0.15, 0.2) is 54.6 Å². The van der Waals surface area contributed by atoms with Crippen LogP contribution in [0.4, 0.5) is 0 Å². The van der Waals surface area contributed by atoms with Gasteiger partial charge in [0, 0.05) is 20.1 Å². The Bertz CT molecular complexity index is 721. The van der Waals surface area contributed by atoms with Gasteiger partial charge in [-0.3, -0.25) is 4.79 Å². The monoisotopic (exact) mass is 423 g/mol. The number of hydrogen-bond acceptors (Lipinski definition) is 3. The molecule has 1 amide bonds. The Kier molecular flexibility index (Phi) is 10.5. The van der Waals surface area contributed by atoms with Crippen LogP contribution < -0.4 is 5.73 Å². The molecule has 154 valence electrons. The minimum Gasteiger partial charge on any atom is -0.337 e. The van der Waals surface area contributed by atoms with E-state index in [9.17, 15) is 4.79 Å². The fourth-order valence-corrected chi connectivity index (χ4v) is 3.68. The van der Waals surface area contributed by atoms with Gasteiger partial charge in [0.15, 0.2) is 0 Å². The van der Waals surface area contributed by atoms with Gasteiger partial charge in [-0.15, -0.1) is 24.8 Å². The van der Waals surface area contributed by atoms with Crippen molar-refractivity contribution in [3.63, 3.8) is 0 Å². The summed E-state index contributed by atoms with van der Waals surface area (Å²) in [5, 5.41) is 0. The molecule has 0 radical (unpaired) electrons. The van der Waals surface area contributed by atoms with Gasteiger partial charge >= 0.3 is 0 Å². The highest BCUT2D eigenvalue weighted by Crippen LogP contribution is 2.23. The lowest BCUT2D eigenvalue weighted by Gasteiger charge is -2.32. The molecular formula is C22H31Cl2N3O. The van der Waals surface area contributed by atoms with Crippen molar-refractivity contribution in [2.24, 2.45) is 5.73 Å². The van der Waals surface area contributed by atoms with E-state index in [1.54, 1.807) is 0 Å². The quantitative estimate of drug-likeness (QED) is 0.735. The normalized spacial score (nSPS) is 14.6. The maximum Gasteiger partial charge on any atom is 0.227 e. The number of nitrogens with zero attached hydrogens (tertiary/aromatic N) is 2. The van der Waals surface area contributed by atoms with Crippen molar-refractivity contribution in [2.45, 2.75) is 31.8 Å². The molecule has 1 heterocycles. The van der Waals surface area contributed by atoms with Gasteiger partial charge < -0.3 is 15.5 Å². The molecule has 1 atom stereocenters. The maximum absolute atomic E-state index is 13.0. The van der Waals surface area contributed by atoms with Crippen LogP contribution in [0.25, 0.3) is 0 Å². The summed E-state index contributed by atoms with van der Waals surface area (Å²) < 4.78 is 0. The zero-order valence-electron chi connectivity index (χ0n) is 16.4. The van der Waals surface area contributed by atoms with Crippen LogP contribution in [0.2, 0.25) is 0 Å². The molecule has 2 aromatic rings. The average Bonchev–Trinajstić information content (AvgIpc) is 3.19. The Morgan fingerprint density at radius 2 is 1.68 bits per heavy atom. The number of benzene rings is 2. The Morgan fingerprint density at radius 1 is 1.04 bits per heavy atom. The second-order valence-electron chi connectivity index (χ2n) is 7.14. The molecule has 1 aliphatic heterocycles. The molecule has 1 fully saturated rings. The molecule has 4 nitrogen and oxygen atoms in total. The highest BCUT2D eigenvalue weighted by Gasteiger charge is 2.25. The van der Waals surface area contributed by atoms with Crippen LogP contribution >= 0.6 is 24.8 Å². The SMILES string of the molecule is CN(C(=O)Cc1cccc(CN)c1)[C@H](CN1CCCC1)c1ccccc1.Cl.Cl. The fraction of sp³-hybridized carbons (Fsp3) is 0.409. The fourth-order valence-electron chi connectivity index (χ4n) is 3.68. The predicted octanol–water partition coefficient (Wildman–Crippen LogP) is 3.83. The van der Waals surface area contributed by atoms with Crippen molar-refractivity contribution in [2.75, 3.05) is 26.7 Å². The summed E-state index contributed by atoms with van der Waals surface area (Å²) in [4.78, 5) is 17.4. The summed E-state index contributed by atoms with van der Waals surface area (Å²) in [7, 11) is 1.93. The first-order valence-electron chi connectivity index (χ1n) is 9.48. The van der Waals surface area contributed by atoms with Crippen LogP contribution in [-0.4, -0.2) is 42.4 Å². The van der Waals surface area contributed by atoms with Crippen LogP contribution in [-0.2, 0) is 17.8 Å². The predicted molar refractivity (Wildman–Crippen MR) is 120 cm³/mol. The molecule has 0 spiro atoms. The highest BCUT2D eigenvalue weighted by molar-refractivity contribution is 5.85. The number of hydrogen-bond donors (Lipinski definition) is 1. The zero-order chi connectivity index (χ0) is 18.4. The lowest BCUT2D eigenvalue weighted by molar-refractivity contribution is -0.131. The standard InChI is InChI=1S/C22H29N3O.2ClH/c1-24(22(26)15-18-8-7-9-19(14-18)16-23)21(17-25-12-5-6-13-25)20-10-3-2-4-11-20;;/h2-4,7-11,14,21H,5-6,12-13,15-17,23H2,1H3;2*1H/t21-;;/m1../s1. The number of likely N-dealkylation sites (tertiary alicyclic amines) is 1. The zero-order valence-corrected chi connectivity index (χ0v) is 18.1. The molecule has 0 saturated carbocycles. The van der Waals surface area contributed by atoms with E-state index < -0.39 is 0 Å². The molecule has 0 aliphatic carbocycles. The molecule has 1 saturated heterocycles. The smallest absolute Gasteiger partial charge is 0.227 e. The number of carbonyl (C=O) groups is 1. The summed E-state index contributed by atoms with van der Waals surface area (Å²) in [6.07, 6.45) is 2.92. The van der Waals surface area contributed by atoms with Gasteiger partial charge in [-0.1, -0.05) is 54.6 Å². The van der Waals surface area contributed by atoms with Gasteiger partial charge in [-0.05, 0) is 42.6 Å². The first-order chi connectivity index (χ1) is 12.7. The van der Waals surface area contributed by atoms with Crippen LogP contribution in [0, 0.1) is 0 Å². The van der Waals surface area contributed by atoms with Crippen molar-refractivity contribution in [1.29, 1.82) is 0 Å². The van der Waals surface area contributed by atoms with E-state index >= 15 is 0 Å². The van der Waals surface area contributed by atoms with E-state index in [0.29, 0.717) is 13.0 Å². The largest absolute Gasteiger partial charge is 0.337 e. The van der Waals surface area contributed by atoms with E-state index in [4.69, 9.17) is 5.73 Å². The number of likely N-dealkylation sites (N-methyl/N-ethyl adjacent to an activating group) is 1. The molecular weight excluding hydrogens is 393 g/mol. The molecule has 1 aliphatic rings. The van der Waals surface area contributed by atoms with Crippen molar-refractivity contribution >= 4 is 30.7 Å². The molecule has 0 bridgehead atoms. The third-order valence-corrected chi connectivity index (χ3v) is 5.26. The van der Waals surface area contributed by atoms with Crippen molar-refractivity contribution < 1.29 is 4.79 Å².